The van der Waals surface area contributed by atoms with Crippen molar-refractivity contribution < 1.29 is 22.6 Å². The van der Waals surface area contributed by atoms with E-state index >= 15 is 0 Å². The van der Waals surface area contributed by atoms with Gasteiger partial charge >= 0.3 is 6.18 Å². The first-order valence-electron chi connectivity index (χ1n) is 5.68. The maximum absolute atomic E-state index is 11.9. The minimum atomic E-state index is -4.14. The second kappa shape index (κ2) is 7.00. The molecular formula is C13H14F3NO2. The van der Waals surface area contributed by atoms with E-state index < -0.39 is 12.6 Å². The van der Waals surface area contributed by atoms with Crippen LogP contribution in [0.4, 0.5) is 13.2 Å². The van der Waals surface area contributed by atoms with Crippen molar-refractivity contribution in [1.82, 2.24) is 0 Å². The number of rotatable bonds is 6. The van der Waals surface area contributed by atoms with Crippen LogP contribution in [0.15, 0.2) is 18.2 Å². The molecular weight excluding hydrogens is 259 g/mol. The van der Waals surface area contributed by atoms with Gasteiger partial charge in [-0.1, -0.05) is 6.07 Å². The average molecular weight is 273 g/mol. The quantitative estimate of drug-likeness (QED) is 0.746. The molecule has 0 aliphatic heterocycles. The van der Waals surface area contributed by atoms with Gasteiger partial charge in [0.25, 0.3) is 0 Å². The fourth-order valence-corrected chi connectivity index (χ4v) is 1.50. The van der Waals surface area contributed by atoms with Crippen molar-refractivity contribution in [2.75, 3.05) is 13.7 Å². The Morgan fingerprint density at radius 1 is 1.32 bits per heavy atom. The molecule has 0 radical (unpaired) electrons. The van der Waals surface area contributed by atoms with Crippen molar-refractivity contribution in [3.8, 4) is 11.8 Å². The van der Waals surface area contributed by atoms with Crippen LogP contribution in [0.25, 0.3) is 0 Å². The minimum absolute atomic E-state index is 0.0351. The van der Waals surface area contributed by atoms with Gasteiger partial charge in [-0.25, -0.2) is 0 Å². The standard InChI is InChI=1S/C13H14F3NO2/c1-18-12-4-3-10(7-11(12)8-17)9-19-6-2-5-13(14,15)16/h3-4,7H,2,5-6,9H2,1H3. The zero-order valence-corrected chi connectivity index (χ0v) is 10.5. The molecule has 6 heteroatoms. The Kier molecular flexibility index (Phi) is 5.64. The van der Waals surface area contributed by atoms with E-state index in [1.807, 2.05) is 6.07 Å². The Hall–Kier alpha value is -1.74. The molecule has 0 N–H and O–H groups in total. The molecule has 0 amide bonds. The maximum Gasteiger partial charge on any atom is 0.389 e. The molecule has 1 aromatic rings. The number of methoxy groups -OCH3 is 1. The van der Waals surface area contributed by atoms with E-state index in [-0.39, 0.29) is 19.6 Å². The van der Waals surface area contributed by atoms with Gasteiger partial charge in [0.15, 0.2) is 0 Å². The molecule has 0 atom stereocenters. The molecule has 0 fully saturated rings. The second-order valence-corrected chi connectivity index (χ2v) is 3.92. The Morgan fingerprint density at radius 2 is 2.05 bits per heavy atom. The van der Waals surface area contributed by atoms with Crippen LogP contribution in [0, 0.1) is 11.3 Å². The summed E-state index contributed by atoms with van der Waals surface area (Å²) in [5.41, 5.74) is 1.10. The van der Waals surface area contributed by atoms with Crippen molar-refractivity contribution in [3.63, 3.8) is 0 Å². The lowest BCUT2D eigenvalue weighted by Gasteiger charge is -2.08. The third-order valence-corrected chi connectivity index (χ3v) is 2.40. The fraction of sp³-hybridized carbons (Fsp3) is 0.462. The Balaban J connectivity index is 2.40. The van der Waals surface area contributed by atoms with E-state index in [0.717, 1.165) is 5.56 Å². The summed E-state index contributed by atoms with van der Waals surface area (Å²) in [5, 5.41) is 8.88. The van der Waals surface area contributed by atoms with Gasteiger partial charge in [0.1, 0.15) is 11.8 Å². The molecule has 0 saturated carbocycles. The smallest absolute Gasteiger partial charge is 0.389 e. The first kappa shape index (κ1) is 15.3. The van der Waals surface area contributed by atoms with Gasteiger partial charge in [-0.15, -0.1) is 0 Å². The van der Waals surface area contributed by atoms with Gasteiger partial charge in [-0.2, -0.15) is 18.4 Å². The number of nitriles is 1. The molecule has 0 aliphatic carbocycles. The highest BCUT2D eigenvalue weighted by atomic mass is 19.4. The van der Waals surface area contributed by atoms with Crippen LogP contribution in [-0.4, -0.2) is 19.9 Å². The SMILES string of the molecule is COc1ccc(COCCCC(F)(F)F)cc1C#N. The lowest BCUT2D eigenvalue weighted by atomic mass is 10.1. The zero-order valence-electron chi connectivity index (χ0n) is 10.5. The van der Waals surface area contributed by atoms with Crippen LogP contribution in [0.2, 0.25) is 0 Å². The molecule has 0 saturated heterocycles. The zero-order chi connectivity index (χ0) is 14.3. The number of nitrogens with zero attached hydrogens (tertiary/aromatic N) is 1. The summed E-state index contributed by atoms with van der Waals surface area (Å²) in [6.45, 7) is 0.212. The Bertz CT molecular complexity index is 452. The van der Waals surface area contributed by atoms with E-state index in [9.17, 15) is 13.2 Å². The van der Waals surface area contributed by atoms with Crippen LogP contribution in [0.1, 0.15) is 24.0 Å². The van der Waals surface area contributed by atoms with Gasteiger partial charge < -0.3 is 9.47 Å². The number of hydrogen-bond acceptors (Lipinski definition) is 3. The summed E-state index contributed by atoms with van der Waals surface area (Å²) < 4.78 is 45.8. The lowest BCUT2D eigenvalue weighted by Crippen LogP contribution is -2.08. The summed E-state index contributed by atoms with van der Waals surface area (Å²) in [4.78, 5) is 0. The van der Waals surface area contributed by atoms with Crippen molar-refractivity contribution >= 4 is 0 Å². The van der Waals surface area contributed by atoms with Gasteiger partial charge in [0.2, 0.25) is 0 Å². The average Bonchev–Trinajstić information content (AvgIpc) is 2.36. The first-order chi connectivity index (χ1) is 8.96. The van der Waals surface area contributed by atoms with Crippen molar-refractivity contribution in [2.45, 2.75) is 25.6 Å². The fourth-order valence-electron chi connectivity index (χ4n) is 1.50. The van der Waals surface area contributed by atoms with E-state index in [1.165, 1.54) is 7.11 Å². The third kappa shape index (κ3) is 5.62. The topological polar surface area (TPSA) is 42.2 Å². The number of benzene rings is 1. The monoisotopic (exact) mass is 273 g/mol. The molecule has 0 heterocycles. The number of hydrogen-bond donors (Lipinski definition) is 0. The molecule has 0 aliphatic rings. The van der Waals surface area contributed by atoms with E-state index in [4.69, 9.17) is 14.7 Å². The third-order valence-electron chi connectivity index (χ3n) is 2.40. The normalized spacial score (nSPS) is 11.1. The van der Waals surface area contributed by atoms with E-state index in [1.54, 1.807) is 18.2 Å². The molecule has 1 rings (SSSR count). The number of alkyl halides is 3. The highest BCUT2D eigenvalue weighted by Gasteiger charge is 2.25. The summed E-state index contributed by atoms with van der Waals surface area (Å²) in [5.74, 6) is 0.461. The first-order valence-corrected chi connectivity index (χ1v) is 5.68. The van der Waals surface area contributed by atoms with Crippen LogP contribution in [0.3, 0.4) is 0 Å². The predicted octanol–water partition coefficient (Wildman–Crippen LogP) is 3.43. The van der Waals surface area contributed by atoms with E-state index in [2.05, 4.69) is 0 Å². The van der Waals surface area contributed by atoms with Crippen LogP contribution < -0.4 is 4.74 Å². The Labute approximate surface area is 109 Å². The molecule has 0 spiro atoms. The summed E-state index contributed by atoms with van der Waals surface area (Å²) in [6.07, 6.45) is -5.05. The minimum Gasteiger partial charge on any atom is -0.495 e. The van der Waals surface area contributed by atoms with Gasteiger partial charge in [-0.3, -0.25) is 0 Å². The molecule has 1 aromatic carbocycles. The lowest BCUT2D eigenvalue weighted by molar-refractivity contribution is -0.138. The van der Waals surface area contributed by atoms with Crippen molar-refractivity contribution in [3.05, 3.63) is 29.3 Å². The van der Waals surface area contributed by atoms with Gasteiger partial charge in [0.05, 0.1) is 19.3 Å². The summed E-state index contributed by atoms with van der Waals surface area (Å²) >= 11 is 0. The number of halogens is 3. The van der Waals surface area contributed by atoms with E-state index in [0.29, 0.717) is 11.3 Å². The van der Waals surface area contributed by atoms with Crippen LogP contribution >= 0.6 is 0 Å². The summed E-state index contributed by atoms with van der Waals surface area (Å²) in [6, 6.07) is 6.92. The Morgan fingerprint density at radius 3 is 2.63 bits per heavy atom. The molecule has 0 bridgehead atoms. The predicted molar refractivity (Wildman–Crippen MR) is 62.7 cm³/mol. The van der Waals surface area contributed by atoms with Crippen molar-refractivity contribution in [1.29, 1.82) is 5.26 Å². The molecule has 104 valence electrons. The molecule has 19 heavy (non-hydrogen) atoms. The van der Waals surface area contributed by atoms with Gasteiger partial charge in [-0.05, 0) is 24.1 Å². The van der Waals surface area contributed by atoms with Crippen molar-refractivity contribution in [2.24, 2.45) is 0 Å². The number of ether oxygens (including phenoxy) is 2. The maximum atomic E-state index is 11.9. The van der Waals surface area contributed by atoms with Gasteiger partial charge in [0, 0.05) is 13.0 Å². The second-order valence-electron chi connectivity index (χ2n) is 3.92. The molecule has 3 nitrogen and oxygen atoms in total. The molecule has 0 unspecified atom stereocenters. The van der Waals surface area contributed by atoms with Crippen LogP contribution in [0.5, 0.6) is 5.75 Å². The van der Waals surface area contributed by atoms with Crippen LogP contribution in [-0.2, 0) is 11.3 Å². The molecule has 0 aromatic heterocycles. The summed E-state index contributed by atoms with van der Waals surface area (Å²) in [7, 11) is 1.46. The largest absolute Gasteiger partial charge is 0.495 e. The highest BCUT2D eigenvalue weighted by Crippen LogP contribution is 2.22. The highest BCUT2D eigenvalue weighted by molar-refractivity contribution is 5.45.